The molecule has 0 spiro atoms. The normalized spacial score (nSPS) is 11.6. The van der Waals surface area contributed by atoms with Crippen molar-refractivity contribution in [1.82, 2.24) is 9.73 Å². The number of likely N-dealkylation sites (N-methyl/N-ethyl adjacent to an activating group) is 1. The van der Waals surface area contributed by atoms with Crippen molar-refractivity contribution in [2.75, 3.05) is 27.3 Å². The maximum atomic E-state index is 12.6. The molecule has 0 unspecified atom stereocenters. The Labute approximate surface area is 175 Å². The number of hydrazone groups is 1. The van der Waals surface area contributed by atoms with Crippen LogP contribution in [0.3, 0.4) is 0 Å². The molecule has 0 saturated carbocycles. The van der Waals surface area contributed by atoms with Crippen LogP contribution in [0.15, 0.2) is 52.5 Å². The van der Waals surface area contributed by atoms with Crippen molar-refractivity contribution in [3.63, 3.8) is 0 Å². The molecule has 0 radical (unpaired) electrons. The molecule has 0 saturated heterocycles. The van der Waals surface area contributed by atoms with Gasteiger partial charge in [-0.2, -0.15) is 9.41 Å². The Hall–Kier alpha value is -2.62. The third kappa shape index (κ3) is 6.18. The van der Waals surface area contributed by atoms with Crippen LogP contribution in [0.25, 0.3) is 0 Å². The Morgan fingerprint density at radius 3 is 2.52 bits per heavy atom. The van der Waals surface area contributed by atoms with E-state index in [1.807, 2.05) is 6.92 Å². The molecule has 8 nitrogen and oxygen atoms in total. The highest BCUT2D eigenvalue weighted by atomic mass is 35.5. The average molecular weight is 440 g/mol. The molecule has 156 valence electrons. The number of hydrogen-bond acceptors (Lipinski definition) is 6. The van der Waals surface area contributed by atoms with E-state index in [9.17, 15) is 13.2 Å². The van der Waals surface area contributed by atoms with Crippen LogP contribution in [0.1, 0.15) is 12.5 Å². The summed E-state index contributed by atoms with van der Waals surface area (Å²) in [5.74, 6) is 0.506. The summed E-state index contributed by atoms with van der Waals surface area (Å²) in [7, 11) is -1.18. The van der Waals surface area contributed by atoms with Crippen LogP contribution in [0.2, 0.25) is 5.02 Å². The monoisotopic (exact) mass is 439 g/mol. The lowest BCUT2D eigenvalue weighted by Gasteiger charge is -2.16. The SMILES string of the molecule is CCOc1ccc(C=NNC(=O)CN(C)S(=O)(=O)c2ccc(OC)c(Cl)c2)cc1. The molecule has 10 heteroatoms. The molecule has 0 atom stereocenters. The van der Waals surface area contributed by atoms with Crippen LogP contribution >= 0.6 is 11.6 Å². The molecule has 1 amide bonds. The number of amides is 1. The summed E-state index contributed by atoms with van der Waals surface area (Å²) in [6.07, 6.45) is 1.45. The van der Waals surface area contributed by atoms with E-state index in [1.54, 1.807) is 24.3 Å². The van der Waals surface area contributed by atoms with Crippen LogP contribution in [-0.4, -0.2) is 52.2 Å². The van der Waals surface area contributed by atoms with E-state index >= 15 is 0 Å². The van der Waals surface area contributed by atoms with Gasteiger partial charge in [0.1, 0.15) is 11.5 Å². The van der Waals surface area contributed by atoms with E-state index in [0.717, 1.165) is 15.6 Å². The minimum absolute atomic E-state index is 0.0449. The molecule has 2 rings (SSSR count). The van der Waals surface area contributed by atoms with Crippen molar-refractivity contribution in [3.05, 3.63) is 53.1 Å². The second-order valence-corrected chi connectivity index (χ2v) is 8.30. The molecule has 2 aromatic carbocycles. The predicted molar refractivity (Wildman–Crippen MR) is 111 cm³/mol. The number of nitrogens with zero attached hydrogens (tertiary/aromatic N) is 2. The molecule has 1 N–H and O–H groups in total. The van der Waals surface area contributed by atoms with E-state index in [1.165, 1.54) is 38.6 Å². The number of methoxy groups -OCH3 is 1. The van der Waals surface area contributed by atoms with Crippen LogP contribution in [0.5, 0.6) is 11.5 Å². The quantitative estimate of drug-likeness (QED) is 0.478. The number of rotatable bonds is 9. The van der Waals surface area contributed by atoms with Gasteiger partial charge in [0.15, 0.2) is 0 Å². The van der Waals surface area contributed by atoms with Gasteiger partial charge in [-0.15, -0.1) is 0 Å². The van der Waals surface area contributed by atoms with E-state index in [0.29, 0.717) is 12.4 Å². The van der Waals surface area contributed by atoms with Gasteiger partial charge < -0.3 is 9.47 Å². The highest BCUT2D eigenvalue weighted by Crippen LogP contribution is 2.28. The average Bonchev–Trinajstić information content (AvgIpc) is 2.69. The van der Waals surface area contributed by atoms with Gasteiger partial charge in [0.2, 0.25) is 10.0 Å². The summed E-state index contributed by atoms with van der Waals surface area (Å²) in [5.41, 5.74) is 3.05. The molecule has 0 aliphatic heterocycles. The Bertz CT molecular complexity index is 978. The number of nitrogens with one attached hydrogen (secondary N) is 1. The van der Waals surface area contributed by atoms with E-state index < -0.39 is 22.5 Å². The van der Waals surface area contributed by atoms with Gasteiger partial charge >= 0.3 is 0 Å². The summed E-state index contributed by atoms with van der Waals surface area (Å²) in [6.45, 7) is 2.06. The number of carbonyl (C=O) groups excluding carboxylic acids is 1. The lowest BCUT2D eigenvalue weighted by molar-refractivity contribution is -0.121. The summed E-state index contributed by atoms with van der Waals surface area (Å²) in [4.78, 5) is 12.0. The Balaban J connectivity index is 1.96. The zero-order valence-electron chi connectivity index (χ0n) is 16.3. The second-order valence-electron chi connectivity index (χ2n) is 5.85. The molecular formula is C19H22ClN3O5S. The first-order valence-electron chi connectivity index (χ1n) is 8.62. The van der Waals surface area contributed by atoms with Gasteiger partial charge in [-0.05, 0) is 55.0 Å². The maximum Gasteiger partial charge on any atom is 0.255 e. The number of carbonyl (C=O) groups is 1. The zero-order chi connectivity index (χ0) is 21.4. The Morgan fingerprint density at radius 2 is 1.93 bits per heavy atom. The molecule has 0 fully saturated rings. The van der Waals surface area contributed by atoms with E-state index in [4.69, 9.17) is 21.1 Å². The first-order valence-corrected chi connectivity index (χ1v) is 10.4. The van der Waals surface area contributed by atoms with Crippen molar-refractivity contribution in [1.29, 1.82) is 0 Å². The predicted octanol–water partition coefficient (Wildman–Crippen LogP) is 2.52. The fraction of sp³-hybridized carbons (Fsp3) is 0.263. The van der Waals surface area contributed by atoms with Crippen LogP contribution < -0.4 is 14.9 Å². The third-order valence-electron chi connectivity index (χ3n) is 3.79. The lowest BCUT2D eigenvalue weighted by atomic mass is 10.2. The van der Waals surface area contributed by atoms with Crippen molar-refractivity contribution in [2.24, 2.45) is 5.10 Å². The third-order valence-corrected chi connectivity index (χ3v) is 5.89. The van der Waals surface area contributed by atoms with Crippen molar-refractivity contribution in [2.45, 2.75) is 11.8 Å². The summed E-state index contributed by atoms with van der Waals surface area (Å²) in [6, 6.07) is 11.2. The largest absolute Gasteiger partial charge is 0.495 e. The van der Waals surface area contributed by atoms with Gasteiger partial charge in [0.25, 0.3) is 5.91 Å². The van der Waals surface area contributed by atoms with Crippen LogP contribution in [0, 0.1) is 0 Å². The molecular weight excluding hydrogens is 418 g/mol. The molecule has 29 heavy (non-hydrogen) atoms. The first kappa shape index (κ1) is 22.7. The Kier molecular flexibility index (Phi) is 8.00. The van der Waals surface area contributed by atoms with Crippen molar-refractivity contribution >= 4 is 33.7 Å². The van der Waals surface area contributed by atoms with Crippen LogP contribution in [-0.2, 0) is 14.8 Å². The molecule has 0 aliphatic rings. The zero-order valence-corrected chi connectivity index (χ0v) is 17.8. The maximum absolute atomic E-state index is 12.6. The minimum atomic E-state index is -3.90. The fourth-order valence-electron chi connectivity index (χ4n) is 2.31. The lowest BCUT2D eigenvalue weighted by Crippen LogP contribution is -2.36. The standard InChI is InChI=1S/C19H22ClN3O5S/c1-4-28-15-7-5-14(6-8-15)12-21-22-19(24)13-23(2)29(25,26)16-9-10-18(27-3)17(20)11-16/h5-12H,4,13H2,1-3H3,(H,22,24). The number of benzene rings is 2. The molecule has 0 bridgehead atoms. The smallest absolute Gasteiger partial charge is 0.255 e. The summed E-state index contributed by atoms with van der Waals surface area (Å²) in [5, 5.41) is 4.00. The van der Waals surface area contributed by atoms with Gasteiger partial charge in [-0.25, -0.2) is 13.8 Å². The molecule has 0 aromatic heterocycles. The number of ether oxygens (including phenoxy) is 2. The summed E-state index contributed by atoms with van der Waals surface area (Å²) < 4.78 is 36.5. The van der Waals surface area contributed by atoms with Crippen molar-refractivity contribution < 1.29 is 22.7 Å². The highest BCUT2D eigenvalue weighted by molar-refractivity contribution is 7.89. The number of halogens is 1. The highest BCUT2D eigenvalue weighted by Gasteiger charge is 2.23. The van der Waals surface area contributed by atoms with Gasteiger partial charge in [-0.3, -0.25) is 4.79 Å². The first-order chi connectivity index (χ1) is 13.8. The number of hydrogen-bond donors (Lipinski definition) is 1. The van der Waals surface area contributed by atoms with Gasteiger partial charge in [0, 0.05) is 7.05 Å². The second kappa shape index (κ2) is 10.2. The topological polar surface area (TPSA) is 97.3 Å². The number of sulfonamides is 1. The molecule has 0 aliphatic carbocycles. The molecule has 2 aromatic rings. The van der Waals surface area contributed by atoms with Gasteiger partial charge in [-0.1, -0.05) is 11.6 Å². The van der Waals surface area contributed by atoms with Crippen molar-refractivity contribution in [3.8, 4) is 11.5 Å². The van der Waals surface area contributed by atoms with E-state index in [-0.39, 0.29) is 9.92 Å². The summed E-state index contributed by atoms with van der Waals surface area (Å²) >= 11 is 5.99. The van der Waals surface area contributed by atoms with Gasteiger partial charge in [0.05, 0.1) is 36.4 Å². The Morgan fingerprint density at radius 1 is 1.24 bits per heavy atom. The fourth-order valence-corrected chi connectivity index (χ4v) is 3.78. The minimum Gasteiger partial charge on any atom is -0.495 e. The molecule has 0 heterocycles. The van der Waals surface area contributed by atoms with E-state index in [2.05, 4.69) is 10.5 Å². The van der Waals surface area contributed by atoms with Crippen LogP contribution in [0.4, 0.5) is 0 Å².